The number of carbonyl (C=O) groups excluding carboxylic acids is 2. The lowest BCUT2D eigenvalue weighted by molar-refractivity contribution is -0.148. The monoisotopic (exact) mass is 430 g/mol. The van der Waals surface area contributed by atoms with E-state index < -0.39 is 0 Å². The van der Waals surface area contributed by atoms with Crippen molar-refractivity contribution in [3.63, 3.8) is 0 Å². The summed E-state index contributed by atoms with van der Waals surface area (Å²) in [6.07, 6.45) is 10.1. The average Bonchev–Trinajstić information content (AvgIpc) is 3.25. The number of aromatic nitrogens is 3. The summed E-state index contributed by atoms with van der Waals surface area (Å²) >= 11 is 0. The third-order valence-corrected chi connectivity index (χ3v) is 5.66. The van der Waals surface area contributed by atoms with Gasteiger partial charge in [0.2, 0.25) is 5.91 Å². The molecule has 1 amide bonds. The molecule has 1 aliphatic rings. The maximum absolute atomic E-state index is 12.7. The van der Waals surface area contributed by atoms with Crippen molar-refractivity contribution in [1.82, 2.24) is 19.7 Å². The third kappa shape index (κ3) is 5.11. The number of likely N-dealkylation sites (tertiary alicyclic amines) is 1. The van der Waals surface area contributed by atoms with Gasteiger partial charge in [-0.05, 0) is 36.6 Å². The molecule has 0 atom stereocenters. The summed E-state index contributed by atoms with van der Waals surface area (Å²) in [5.74, 6) is -0.387. The van der Waals surface area contributed by atoms with Crippen LogP contribution in [-0.2, 0) is 20.9 Å². The first-order valence-electron chi connectivity index (χ1n) is 10.7. The van der Waals surface area contributed by atoms with E-state index >= 15 is 0 Å². The molecular weight excluding hydrogens is 404 g/mol. The van der Waals surface area contributed by atoms with E-state index in [1.165, 1.54) is 7.11 Å². The molecule has 1 aliphatic heterocycles. The molecule has 32 heavy (non-hydrogen) atoms. The largest absolute Gasteiger partial charge is 0.469 e. The molecule has 0 radical (unpaired) electrons. The molecule has 3 heterocycles. The number of benzene rings is 1. The summed E-state index contributed by atoms with van der Waals surface area (Å²) in [5.41, 5.74) is 3.67. The second kappa shape index (κ2) is 10.0. The fourth-order valence-corrected chi connectivity index (χ4v) is 3.91. The van der Waals surface area contributed by atoms with Crippen LogP contribution in [0.15, 0.2) is 67.1 Å². The summed E-state index contributed by atoms with van der Waals surface area (Å²) < 4.78 is 6.70. The van der Waals surface area contributed by atoms with Crippen LogP contribution < -0.4 is 0 Å². The van der Waals surface area contributed by atoms with Crippen molar-refractivity contribution >= 4 is 18.0 Å². The first-order valence-corrected chi connectivity index (χ1v) is 10.7. The number of pyridine rings is 1. The van der Waals surface area contributed by atoms with E-state index in [2.05, 4.69) is 17.1 Å². The fourth-order valence-electron chi connectivity index (χ4n) is 3.91. The zero-order valence-corrected chi connectivity index (χ0v) is 18.1. The molecule has 2 aromatic heterocycles. The minimum absolute atomic E-state index is 0.0683. The SMILES string of the molecule is COC(=O)C1CCN(C(=O)/C=C/c2cn(Cc3ccccc3)nc2-c2cccnc2)CC1. The van der Waals surface area contributed by atoms with Gasteiger partial charge in [0.05, 0.1) is 19.6 Å². The number of piperidine rings is 1. The van der Waals surface area contributed by atoms with Gasteiger partial charge in [-0.25, -0.2) is 0 Å². The van der Waals surface area contributed by atoms with Gasteiger partial charge in [0.25, 0.3) is 0 Å². The van der Waals surface area contributed by atoms with E-state index in [4.69, 9.17) is 9.84 Å². The molecule has 3 aromatic rings. The lowest BCUT2D eigenvalue weighted by Crippen LogP contribution is -2.39. The first kappa shape index (κ1) is 21.5. The van der Waals surface area contributed by atoms with E-state index in [0.29, 0.717) is 32.5 Å². The number of carbonyl (C=O) groups is 2. The zero-order valence-electron chi connectivity index (χ0n) is 18.1. The highest BCUT2D eigenvalue weighted by atomic mass is 16.5. The van der Waals surface area contributed by atoms with Crippen LogP contribution in [0.3, 0.4) is 0 Å². The van der Waals surface area contributed by atoms with Crippen LogP contribution in [0, 0.1) is 5.92 Å². The van der Waals surface area contributed by atoms with Gasteiger partial charge in [-0.2, -0.15) is 5.10 Å². The van der Waals surface area contributed by atoms with E-state index in [-0.39, 0.29) is 17.8 Å². The fraction of sp³-hybridized carbons (Fsp3) is 0.280. The number of ether oxygens (including phenoxy) is 1. The normalized spacial score (nSPS) is 14.6. The molecular formula is C25H26N4O3. The maximum atomic E-state index is 12.7. The summed E-state index contributed by atoms with van der Waals surface area (Å²) in [7, 11) is 1.40. The van der Waals surface area contributed by atoms with Gasteiger partial charge >= 0.3 is 5.97 Å². The highest BCUT2D eigenvalue weighted by Gasteiger charge is 2.27. The quantitative estimate of drug-likeness (QED) is 0.442. The molecule has 164 valence electrons. The zero-order chi connectivity index (χ0) is 22.3. The van der Waals surface area contributed by atoms with Crippen LogP contribution in [0.25, 0.3) is 17.3 Å². The van der Waals surface area contributed by atoms with Crippen molar-refractivity contribution in [3.05, 3.63) is 78.3 Å². The molecule has 7 nitrogen and oxygen atoms in total. The molecule has 7 heteroatoms. The Kier molecular flexibility index (Phi) is 6.75. The van der Waals surface area contributed by atoms with Gasteiger partial charge in [0, 0.05) is 48.9 Å². The lowest BCUT2D eigenvalue weighted by Gasteiger charge is -2.29. The molecule has 0 bridgehead atoms. The molecule has 1 fully saturated rings. The van der Waals surface area contributed by atoms with Crippen LogP contribution >= 0.6 is 0 Å². The van der Waals surface area contributed by atoms with Crippen LogP contribution in [0.2, 0.25) is 0 Å². The molecule has 1 saturated heterocycles. The van der Waals surface area contributed by atoms with Crippen molar-refractivity contribution in [2.75, 3.05) is 20.2 Å². The molecule has 0 aliphatic carbocycles. The highest BCUT2D eigenvalue weighted by molar-refractivity contribution is 5.93. The summed E-state index contributed by atoms with van der Waals surface area (Å²) in [6.45, 7) is 1.73. The Morgan fingerprint density at radius 1 is 1.12 bits per heavy atom. The van der Waals surface area contributed by atoms with Gasteiger partial charge < -0.3 is 9.64 Å². The topological polar surface area (TPSA) is 77.3 Å². The Bertz CT molecular complexity index is 1080. The van der Waals surface area contributed by atoms with E-state index in [0.717, 1.165) is 22.4 Å². The number of esters is 1. The second-order valence-electron chi connectivity index (χ2n) is 7.81. The number of nitrogens with zero attached hydrogens (tertiary/aromatic N) is 4. The van der Waals surface area contributed by atoms with Crippen molar-refractivity contribution < 1.29 is 14.3 Å². The van der Waals surface area contributed by atoms with Crippen molar-refractivity contribution in [2.24, 2.45) is 5.92 Å². The standard InChI is InChI=1S/C25H26N4O3/c1-32-25(31)20-11-14-28(15-12-20)23(30)10-9-22-18-29(17-19-6-3-2-4-7-19)27-24(22)21-8-5-13-26-16-21/h2-10,13,16,18,20H,11-12,14-15,17H2,1H3/b10-9+. The highest BCUT2D eigenvalue weighted by Crippen LogP contribution is 2.24. The van der Waals surface area contributed by atoms with Crippen molar-refractivity contribution in [3.8, 4) is 11.3 Å². The first-order chi connectivity index (χ1) is 15.6. The summed E-state index contributed by atoms with van der Waals surface area (Å²) in [4.78, 5) is 30.4. The van der Waals surface area contributed by atoms with Crippen LogP contribution in [0.5, 0.6) is 0 Å². The Hall–Kier alpha value is -3.74. The summed E-state index contributed by atoms with van der Waals surface area (Å²) in [5, 5.41) is 4.75. The minimum Gasteiger partial charge on any atom is -0.469 e. The number of hydrogen-bond donors (Lipinski definition) is 0. The molecule has 4 rings (SSSR count). The number of amides is 1. The van der Waals surface area contributed by atoms with Crippen LogP contribution in [0.4, 0.5) is 0 Å². The van der Waals surface area contributed by atoms with Crippen LogP contribution in [0.1, 0.15) is 24.0 Å². The summed E-state index contributed by atoms with van der Waals surface area (Å²) in [6, 6.07) is 13.9. The predicted molar refractivity (Wildman–Crippen MR) is 121 cm³/mol. The van der Waals surface area contributed by atoms with Gasteiger partial charge in [-0.15, -0.1) is 0 Å². The van der Waals surface area contributed by atoms with E-state index in [1.54, 1.807) is 23.4 Å². The van der Waals surface area contributed by atoms with Crippen molar-refractivity contribution in [1.29, 1.82) is 0 Å². The van der Waals surface area contributed by atoms with Gasteiger partial charge in [0.15, 0.2) is 0 Å². The minimum atomic E-state index is -0.195. The van der Waals surface area contributed by atoms with Gasteiger partial charge in [-0.1, -0.05) is 30.3 Å². The average molecular weight is 431 g/mol. The van der Waals surface area contributed by atoms with Crippen LogP contribution in [-0.4, -0.2) is 51.7 Å². The maximum Gasteiger partial charge on any atom is 0.308 e. The molecule has 0 spiro atoms. The second-order valence-corrected chi connectivity index (χ2v) is 7.81. The Labute approximate surface area is 187 Å². The Morgan fingerprint density at radius 2 is 1.91 bits per heavy atom. The van der Waals surface area contributed by atoms with E-state index in [9.17, 15) is 9.59 Å². The van der Waals surface area contributed by atoms with Gasteiger partial charge in [0.1, 0.15) is 5.69 Å². The smallest absolute Gasteiger partial charge is 0.308 e. The van der Waals surface area contributed by atoms with E-state index in [1.807, 2.05) is 47.3 Å². The molecule has 0 saturated carbocycles. The number of methoxy groups -OCH3 is 1. The number of rotatable bonds is 6. The Morgan fingerprint density at radius 3 is 2.59 bits per heavy atom. The molecule has 0 unspecified atom stereocenters. The lowest BCUT2D eigenvalue weighted by atomic mass is 9.97. The molecule has 0 N–H and O–H groups in total. The van der Waals surface area contributed by atoms with Gasteiger partial charge in [-0.3, -0.25) is 19.3 Å². The third-order valence-electron chi connectivity index (χ3n) is 5.66. The Balaban J connectivity index is 1.51. The predicted octanol–water partition coefficient (Wildman–Crippen LogP) is 3.42. The van der Waals surface area contributed by atoms with Crippen molar-refractivity contribution in [2.45, 2.75) is 19.4 Å². The molecule has 1 aromatic carbocycles. The number of hydrogen-bond acceptors (Lipinski definition) is 5.